The predicted octanol–water partition coefficient (Wildman–Crippen LogP) is 1.51. The highest BCUT2D eigenvalue weighted by atomic mass is 16.3. The topological polar surface area (TPSA) is 96.7 Å². The quantitative estimate of drug-likeness (QED) is 0.711. The van der Waals surface area contributed by atoms with E-state index in [2.05, 4.69) is 25.7 Å². The number of oxazole rings is 1. The number of hydrogen-bond acceptors (Lipinski definition) is 5. The van der Waals surface area contributed by atoms with Crippen LogP contribution in [0.3, 0.4) is 0 Å². The Morgan fingerprint density at radius 3 is 3.11 bits per heavy atom. The van der Waals surface area contributed by atoms with Gasteiger partial charge in [-0.25, -0.2) is 4.98 Å². The lowest BCUT2D eigenvalue weighted by molar-refractivity contribution is 0.102. The van der Waals surface area contributed by atoms with Crippen LogP contribution in [0.2, 0.25) is 0 Å². The summed E-state index contributed by atoms with van der Waals surface area (Å²) in [4.78, 5) is 15.9. The maximum atomic E-state index is 11.7. The van der Waals surface area contributed by atoms with Gasteiger partial charge in [0, 0.05) is 12.6 Å². The van der Waals surface area contributed by atoms with Crippen LogP contribution in [0.5, 0.6) is 0 Å². The summed E-state index contributed by atoms with van der Waals surface area (Å²) in [6.45, 7) is 1.77. The molecule has 2 aromatic heterocycles. The molecule has 18 heavy (non-hydrogen) atoms. The molecule has 7 heteroatoms. The van der Waals surface area contributed by atoms with Gasteiger partial charge >= 0.3 is 0 Å². The van der Waals surface area contributed by atoms with Crippen LogP contribution in [-0.2, 0) is 0 Å². The van der Waals surface area contributed by atoms with Crippen LogP contribution in [0.4, 0.5) is 5.69 Å². The van der Waals surface area contributed by atoms with Crippen LogP contribution in [-0.4, -0.2) is 26.3 Å². The van der Waals surface area contributed by atoms with E-state index in [9.17, 15) is 4.79 Å². The Morgan fingerprint density at radius 1 is 1.44 bits per heavy atom. The number of benzene rings is 1. The lowest BCUT2D eigenvalue weighted by Gasteiger charge is -2.01. The molecule has 3 aromatic rings. The van der Waals surface area contributed by atoms with Crippen molar-refractivity contribution in [1.82, 2.24) is 20.4 Å². The molecule has 0 radical (unpaired) electrons. The second kappa shape index (κ2) is 3.95. The molecule has 0 aliphatic rings. The molecule has 0 saturated heterocycles. The first-order chi connectivity index (χ1) is 8.72. The highest BCUT2D eigenvalue weighted by Gasteiger charge is 2.10. The van der Waals surface area contributed by atoms with Gasteiger partial charge in [-0.2, -0.15) is 15.4 Å². The highest BCUT2D eigenvalue weighted by molar-refractivity contribution is 6.03. The number of aromatic amines is 1. The smallest absolute Gasteiger partial charge is 0.277 e. The van der Waals surface area contributed by atoms with Gasteiger partial charge in [-0.1, -0.05) is 0 Å². The van der Waals surface area contributed by atoms with E-state index in [0.29, 0.717) is 22.7 Å². The van der Waals surface area contributed by atoms with Crippen LogP contribution < -0.4 is 5.32 Å². The van der Waals surface area contributed by atoms with E-state index in [1.54, 1.807) is 25.1 Å². The third-order valence-electron chi connectivity index (χ3n) is 2.40. The minimum Gasteiger partial charge on any atom is -0.441 e. The lowest BCUT2D eigenvalue weighted by Crippen LogP contribution is -2.12. The number of aryl methyl sites for hydroxylation is 1. The largest absolute Gasteiger partial charge is 0.441 e. The van der Waals surface area contributed by atoms with Crippen molar-refractivity contribution < 1.29 is 9.21 Å². The van der Waals surface area contributed by atoms with Crippen molar-refractivity contribution in [3.05, 3.63) is 36.0 Å². The zero-order chi connectivity index (χ0) is 12.5. The summed E-state index contributed by atoms with van der Waals surface area (Å²) in [5.41, 5.74) is 2.24. The summed E-state index contributed by atoms with van der Waals surface area (Å²) in [6.07, 6.45) is 1.36. The molecule has 0 aliphatic heterocycles. The maximum absolute atomic E-state index is 11.7. The third kappa shape index (κ3) is 1.81. The van der Waals surface area contributed by atoms with E-state index in [1.807, 2.05) is 0 Å². The molecule has 0 unspecified atom stereocenters. The van der Waals surface area contributed by atoms with Crippen LogP contribution >= 0.6 is 0 Å². The predicted molar refractivity (Wildman–Crippen MR) is 63.1 cm³/mol. The molecule has 2 heterocycles. The average molecular weight is 243 g/mol. The molecule has 0 atom stereocenters. The van der Waals surface area contributed by atoms with Crippen molar-refractivity contribution in [1.29, 1.82) is 0 Å². The SMILES string of the molecule is Cc1nc2cc(NC(=O)c3cn[nH]n3)ccc2o1. The van der Waals surface area contributed by atoms with Gasteiger partial charge in [0.05, 0.1) is 6.20 Å². The molecule has 90 valence electrons. The van der Waals surface area contributed by atoms with Crippen molar-refractivity contribution in [2.75, 3.05) is 5.32 Å². The van der Waals surface area contributed by atoms with Crippen LogP contribution in [0.15, 0.2) is 28.8 Å². The number of nitrogens with zero attached hydrogens (tertiary/aromatic N) is 3. The Hall–Kier alpha value is -2.70. The van der Waals surface area contributed by atoms with Gasteiger partial charge in [0.2, 0.25) is 0 Å². The number of anilines is 1. The van der Waals surface area contributed by atoms with Crippen molar-refractivity contribution in [3.8, 4) is 0 Å². The monoisotopic (exact) mass is 243 g/mol. The van der Waals surface area contributed by atoms with Gasteiger partial charge in [-0.05, 0) is 18.2 Å². The molecule has 3 rings (SSSR count). The molecule has 1 amide bonds. The normalized spacial score (nSPS) is 10.7. The number of aromatic nitrogens is 4. The minimum atomic E-state index is -0.330. The summed E-state index contributed by atoms with van der Waals surface area (Å²) in [6, 6.07) is 5.24. The van der Waals surface area contributed by atoms with Crippen molar-refractivity contribution >= 4 is 22.7 Å². The van der Waals surface area contributed by atoms with Crippen LogP contribution in [0.1, 0.15) is 16.4 Å². The number of hydrogen-bond donors (Lipinski definition) is 2. The molecule has 0 saturated carbocycles. The average Bonchev–Trinajstić information content (AvgIpc) is 2.95. The van der Waals surface area contributed by atoms with E-state index >= 15 is 0 Å². The first kappa shape index (κ1) is 10.5. The Kier molecular flexibility index (Phi) is 2.30. The Balaban J connectivity index is 1.88. The van der Waals surface area contributed by atoms with Crippen molar-refractivity contribution in [2.24, 2.45) is 0 Å². The maximum Gasteiger partial charge on any atom is 0.277 e. The van der Waals surface area contributed by atoms with Gasteiger partial charge in [-0.15, -0.1) is 0 Å². The van der Waals surface area contributed by atoms with Crippen molar-refractivity contribution in [2.45, 2.75) is 6.92 Å². The Bertz CT molecular complexity index is 701. The fourth-order valence-electron chi connectivity index (χ4n) is 1.63. The summed E-state index contributed by atoms with van der Waals surface area (Å²) in [5, 5.41) is 12.4. The summed E-state index contributed by atoms with van der Waals surface area (Å²) in [5.74, 6) is 0.258. The molecule has 2 N–H and O–H groups in total. The fraction of sp³-hybridized carbons (Fsp3) is 0.0909. The molecule has 0 aliphatic carbocycles. The summed E-state index contributed by atoms with van der Waals surface area (Å²) < 4.78 is 5.35. The fourth-order valence-corrected chi connectivity index (χ4v) is 1.63. The van der Waals surface area contributed by atoms with E-state index in [0.717, 1.165) is 0 Å². The molecule has 1 aromatic carbocycles. The van der Waals surface area contributed by atoms with Gasteiger partial charge in [0.15, 0.2) is 17.2 Å². The van der Waals surface area contributed by atoms with Crippen LogP contribution in [0.25, 0.3) is 11.1 Å². The summed E-state index contributed by atoms with van der Waals surface area (Å²) >= 11 is 0. The van der Waals surface area contributed by atoms with E-state index in [4.69, 9.17) is 4.42 Å². The Labute approximate surface area is 101 Å². The number of rotatable bonds is 2. The number of H-pyrrole nitrogens is 1. The third-order valence-corrected chi connectivity index (χ3v) is 2.40. The van der Waals surface area contributed by atoms with E-state index in [1.165, 1.54) is 6.20 Å². The van der Waals surface area contributed by atoms with E-state index < -0.39 is 0 Å². The molecule has 7 nitrogen and oxygen atoms in total. The molecular formula is C11H9N5O2. The molecular weight excluding hydrogens is 234 g/mol. The van der Waals surface area contributed by atoms with Gasteiger partial charge in [0.1, 0.15) is 5.52 Å². The zero-order valence-electron chi connectivity index (χ0n) is 9.47. The van der Waals surface area contributed by atoms with Gasteiger partial charge in [0.25, 0.3) is 5.91 Å². The van der Waals surface area contributed by atoms with Crippen LogP contribution in [0, 0.1) is 6.92 Å². The molecule has 0 bridgehead atoms. The second-order valence-corrected chi connectivity index (χ2v) is 3.72. The molecule has 0 fully saturated rings. The first-order valence-corrected chi connectivity index (χ1v) is 5.27. The van der Waals surface area contributed by atoms with Gasteiger partial charge < -0.3 is 9.73 Å². The number of carbonyl (C=O) groups excluding carboxylic acids is 1. The number of amides is 1. The van der Waals surface area contributed by atoms with Gasteiger partial charge in [-0.3, -0.25) is 4.79 Å². The zero-order valence-corrected chi connectivity index (χ0v) is 9.47. The number of fused-ring (bicyclic) bond motifs is 1. The number of carbonyl (C=O) groups is 1. The molecule has 0 spiro atoms. The first-order valence-electron chi connectivity index (χ1n) is 5.27. The standard InChI is InChI=1S/C11H9N5O2/c1-6-13-8-4-7(2-3-10(8)18-6)14-11(17)9-5-12-16-15-9/h2-5H,1H3,(H,14,17)(H,12,15,16). The van der Waals surface area contributed by atoms with Crippen molar-refractivity contribution in [3.63, 3.8) is 0 Å². The Morgan fingerprint density at radius 2 is 2.33 bits per heavy atom. The van der Waals surface area contributed by atoms with E-state index in [-0.39, 0.29) is 11.6 Å². The number of nitrogens with one attached hydrogen (secondary N) is 2. The minimum absolute atomic E-state index is 0.228. The highest BCUT2D eigenvalue weighted by Crippen LogP contribution is 2.19. The lowest BCUT2D eigenvalue weighted by atomic mass is 10.3. The summed E-state index contributed by atoms with van der Waals surface area (Å²) in [7, 11) is 0. The second-order valence-electron chi connectivity index (χ2n) is 3.72.